The highest BCUT2D eigenvalue weighted by Gasteiger charge is 2.28. The number of aromatic nitrogens is 3. The summed E-state index contributed by atoms with van der Waals surface area (Å²) in [4.78, 5) is 22.8. The molecule has 8 heteroatoms. The first-order chi connectivity index (χ1) is 10.1. The van der Waals surface area contributed by atoms with Crippen LogP contribution in [0.25, 0.3) is 0 Å². The number of piperidine rings is 1. The van der Waals surface area contributed by atoms with Gasteiger partial charge in [0.2, 0.25) is 5.91 Å². The quantitative estimate of drug-likeness (QED) is 0.722. The molecule has 0 saturated carbocycles. The van der Waals surface area contributed by atoms with Crippen molar-refractivity contribution in [2.75, 3.05) is 26.7 Å². The molecule has 2 heterocycles. The lowest BCUT2D eigenvalue weighted by atomic mass is 9.93. The number of hydrogen-bond donors (Lipinski definition) is 2. The molecule has 0 aromatic carbocycles. The third-order valence-corrected chi connectivity index (χ3v) is 3.58. The van der Waals surface area contributed by atoms with Crippen molar-refractivity contribution in [3.05, 3.63) is 11.4 Å². The minimum Gasteiger partial charge on any atom is -0.464 e. The van der Waals surface area contributed by atoms with Gasteiger partial charge in [0.15, 0.2) is 5.69 Å². The van der Waals surface area contributed by atoms with Gasteiger partial charge in [0.05, 0.1) is 19.3 Å². The molecule has 0 unspecified atom stereocenters. The Morgan fingerprint density at radius 2 is 2.14 bits per heavy atom. The van der Waals surface area contributed by atoms with Crippen LogP contribution in [0.2, 0.25) is 0 Å². The second-order valence-corrected chi connectivity index (χ2v) is 5.05. The molecule has 0 radical (unpaired) electrons. The highest BCUT2D eigenvalue weighted by Crippen LogP contribution is 2.27. The molecular formula is C13H21N5O3. The van der Waals surface area contributed by atoms with Gasteiger partial charge in [-0.25, -0.2) is 9.48 Å². The summed E-state index contributed by atoms with van der Waals surface area (Å²) in [6, 6.07) is 0. The number of amides is 1. The lowest BCUT2D eigenvalue weighted by molar-refractivity contribution is -0.119. The first kappa shape index (κ1) is 15.4. The Hall–Kier alpha value is -1.96. The van der Waals surface area contributed by atoms with Gasteiger partial charge in [-0.2, -0.15) is 0 Å². The highest BCUT2D eigenvalue weighted by atomic mass is 16.5. The van der Waals surface area contributed by atoms with Crippen LogP contribution < -0.4 is 10.6 Å². The molecule has 1 aromatic rings. The molecular weight excluding hydrogens is 274 g/mol. The van der Waals surface area contributed by atoms with E-state index in [-0.39, 0.29) is 17.5 Å². The van der Waals surface area contributed by atoms with Crippen LogP contribution in [-0.2, 0) is 16.1 Å². The van der Waals surface area contributed by atoms with E-state index < -0.39 is 5.97 Å². The van der Waals surface area contributed by atoms with E-state index in [2.05, 4.69) is 20.9 Å². The van der Waals surface area contributed by atoms with Gasteiger partial charge in [0, 0.05) is 19.4 Å². The van der Waals surface area contributed by atoms with Crippen LogP contribution in [0.4, 0.5) is 0 Å². The standard InChI is InChI=1S/C13H21N5O3/c1-9(19)15-7-8-18-12(10-3-5-14-6-4-10)11(16-17-18)13(20)21-2/h10,14H,3-8H2,1-2H3,(H,15,19). The molecule has 1 saturated heterocycles. The number of nitrogens with zero attached hydrogens (tertiary/aromatic N) is 3. The minimum absolute atomic E-state index is 0.0910. The second kappa shape index (κ2) is 7.16. The van der Waals surface area contributed by atoms with E-state index in [0.717, 1.165) is 31.6 Å². The molecule has 1 amide bonds. The van der Waals surface area contributed by atoms with Crippen LogP contribution in [0.15, 0.2) is 0 Å². The van der Waals surface area contributed by atoms with Crippen molar-refractivity contribution in [1.29, 1.82) is 0 Å². The summed E-state index contributed by atoms with van der Waals surface area (Å²) >= 11 is 0. The molecule has 0 atom stereocenters. The van der Waals surface area contributed by atoms with Crippen LogP contribution in [0, 0.1) is 0 Å². The lowest BCUT2D eigenvalue weighted by Gasteiger charge is -2.23. The number of hydrogen-bond acceptors (Lipinski definition) is 6. The van der Waals surface area contributed by atoms with E-state index >= 15 is 0 Å². The summed E-state index contributed by atoms with van der Waals surface area (Å²) in [6.07, 6.45) is 1.86. The SMILES string of the molecule is COC(=O)c1nnn(CCNC(C)=O)c1C1CCNCC1. The maximum atomic E-state index is 11.8. The largest absolute Gasteiger partial charge is 0.464 e. The summed E-state index contributed by atoms with van der Waals surface area (Å²) < 4.78 is 6.49. The fourth-order valence-corrected chi connectivity index (χ4v) is 2.56. The Balaban J connectivity index is 2.20. The third kappa shape index (κ3) is 3.78. The number of methoxy groups -OCH3 is 1. The molecule has 1 aromatic heterocycles. The van der Waals surface area contributed by atoms with Gasteiger partial charge in [0.25, 0.3) is 0 Å². The lowest BCUT2D eigenvalue weighted by Crippen LogP contribution is -2.30. The molecule has 2 rings (SSSR count). The Bertz CT molecular complexity index is 508. The van der Waals surface area contributed by atoms with Crippen LogP contribution in [0.3, 0.4) is 0 Å². The van der Waals surface area contributed by atoms with Crippen molar-refractivity contribution >= 4 is 11.9 Å². The molecule has 0 aliphatic carbocycles. The van der Waals surface area contributed by atoms with Crippen molar-refractivity contribution in [1.82, 2.24) is 25.6 Å². The molecule has 21 heavy (non-hydrogen) atoms. The summed E-state index contributed by atoms with van der Waals surface area (Å²) in [5.41, 5.74) is 1.10. The number of nitrogens with one attached hydrogen (secondary N) is 2. The van der Waals surface area contributed by atoms with Crippen molar-refractivity contribution < 1.29 is 14.3 Å². The molecule has 1 aliphatic rings. The number of esters is 1. The first-order valence-corrected chi connectivity index (χ1v) is 7.10. The van der Waals surface area contributed by atoms with E-state index in [9.17, 15) is 9.59 Å². The van der Waals surface area contributed by atoms with Gasteiger partial charge in [-0.1, -0.05) is 5.21 Å². The van der Waals surface area contributed by atoms with E-state index in [0.29, 0.717) is 13.1 Å². The normalized spacial score (nSPS) is 15.7. The average molecular weight is 295 g/mol. The Morgan fingerprint density at radius 3 is 2.76 bits per heavy atom. The summed E-state index contributed by atoms with van der Waals surface area (Å²) in [5, 5.41) is 14.0. The maximum absolute atomic E-state index is 11.8. The monoisotopic (exact) mass is 295 g/mol. The van der Waals surface area contributed by atoms with Crippen LogP contribution in [-0.4, -0.2) is 53.6 Å². The fraction of sp³-hybridized carbons (Fsp3) is 0.692. The van der Waals surface area contributed by atoms with Crippen molar-refractivity contribution in [3.8, 4) is 0 Å². The van der Waals surface area contributed by atoms with E-state index in [1.54, 1.807) is 4.68 Å². The topological polar surface area (TPSA) is 98.1 Å². The fourth-order valence-electron chi connectivity index (χ4n) is 2.56. The zero-order chi connectivity index (χ0) is 15.2. The van der Waals surface area contributed by atoms with Gasteiger partial charge in [-0.15, -0.1) is 5.10 Å². The molecule has 1 aliphatic heterocycles. The third-order valence-electron chi connectivity index (χ3n) is 3.58. The van der Waals surface area contributed by atoms with E-state index in [4.69, 9.17) is 4.74 Å². The Labute approximate surface area is 123 Å². The second-order valence-electron chi connectivity index (χ2n) is 5.05. The highest BCUT2D eigenvalue weighted by molar-refractivity contribution is 5.88. The number of carbonyl (C=O) groups is 2. The van der Waals surface area contributed by atoms with Crippen LogP contribution in [0.5, 0.6) is 0 Å². The van der Waals surface area contributed by atoms with E-state index in [1.165, 1.54) is 14.0 Å². The number of carbonyl (C=O) groups excluding carboxylic acids is 2. The minimum atomic E-state index is -0.464. The Morgan fingerprint density at radius 1 is 1.43 bits per heavy atom. The molecule has 0 bridgehead atoms. The van der Waals surface area contributed by atoms with Crippen molar-refractivity contribution in [2.45, 2.75) is 32.2 Å². The van der Waals surface area contributed by atoms with Gasteiger partial charge < -0.3 is 15.4 Å². The van der Waals surface area contributed by atoms with Gasteiger partial charge in [0.1, 0.15) is 0 Å². The number of rotatable bonds is 5. The zero-order valence-electron chi connectivity index (χ0n) is 12.4. The molecule has 1 fully saturated rings. The van der Waals surface area contributed by atoms with E-state index in [1.807, 2.05) is 0 Å². The summed E-state index contributed by atoms with van der Waals surface area (Å²) in [6.45, 7) is 4.22. The van der Waals surface area contributed by atoms with Crippen molar-refractivity contribution in [3.63, 3.8) is 0 Å². The zero-order valence-corrected chi connectivity index (χ0v) is 12.4. The maximum Gasteiger partial charge on any atom is 0.360 e. The van der Waals surface area contributed by atoms with Crippen molar-refractivity contribution in [2.24, 2.45) is 0 Å². The smallest absolute Gasteiger partial charge is 0.360 e. The molecule has 116 valence electrons. The molecule has 2 N–H and O–H groups in total. The summed E-state index contributed by atoms with van der Waals surface area (Å²) in [5.74, 6) is -0.325. The predicted octanol–water partition coefficient (Wildman–Crippen LogP) is -0.332. The van der Waals surface area contributed by atoms with Gasteiger partial charge in [-0.3, -0.25) is 4.79 Å². The van der Waals surface area contributed by atoms with Crippen LogP contribution >= 0.6 is 0 Å². The summed E-state index contributed by atoms with van der Waals surface area (Å²) in [7, 11) is 1.34. The van der Waals surface area contributed by atoms with Gasteiger partial charge >= 0.3 is 5.97 Å². The number of ether oxygens (including phenoxy) is 1. The Kier molecular flexibility index (Phi) is 5.26. The average Bonchev–Trinajstić information content (AvgIpc) is 2.91. The van der Waals surface area contributed by atoms with Gasteiger partial charge in [-0.05, 0) is 25.9 Å². The molecule has 0 spiro atoms. The molecule has 8 nitrogen and oxygen atoms in total. The predicted molar refractivity (Wildman–Crippen MR) is 74.9 cm³/mol. The van der Waals surface area contributed by atoms with Crippen LogP contribution in [0.1, 0.15) is 41.9 Å². The first-order valence-electron chi connectivity index (χ1n) is 7.10.